The highest BCUT2D eigenvalue weighted by molar-refractivity contribution is 8.01. The second-order valence-electron chi connectivity index (χ2n) is 5.67. The lowest BCUT2D eigenvalue weighted by Crippen LogP contribution is -2.38. The monoisotopic (exact) mass is 336 g/mol. The Bertz CT molecular complexity index is 603. The first kappa shape index (κ1) is 15.6. The van der Waals surface area contributed by atoms with Crippen LogP contribution in [-0.4, -0.2) is 32.2 Å². The Hall–Kier alpha value is -1.34. The van der Waals surface area contributed by atoms with Crippen molar-refractivity contribution in [2.24, 2.45) is 0 Å². The second kappa shape index (κ2) is 7.28. The van der Waals surface area contributed by atoms with Crippen molar-refractivity contribution >= 4 is 29.0 Å². The molecule has 2 aromatic rings. The van der Waals surface area contributed by atoms with E-state index in [2.05, 4.69) is 25.6 Å². The summed E-state index contributed by atoms with van der Waals surface area (Å²) in [6.45, 7) is 2.03. The number of hydrogen-bond acceptors (Lipinski definition) is 5. The predicted octanol–water partition coefficient (Wildman–Crippen LogP) is 2.94. The van der Waals surface area contributed by atoms with E-state index >= 15 is 0 Å². The van der Waals surface area contributed by atoms with Gasteiger partial charge in [-0.1, -0.05) is 11.8 Å². The third kappa shape index (κ3) is 4.33. The number of carbonyl (C=O) groups excluding carboxylic acids is 1. The van der Waals surface area contributed by atoms with Gasteiger partial charge in [-0.15, -0.1) is 11.3 Å². The molecule has 22 heavy (non-hydrogen) atoms. The van der Waals surface area contributed by atoms with Crippen molar-refractivity contribution < 1.29 is 4.79 Å². The lowest BCUT2D eigenvalue weighted by atomic mass is 9.95. The molecule has 0 unspecified atom stereocenters. The van der Waals surface area contributed by atoms with E-state index in [0.717, 1.165) is 37.1 Å². The molecule has 0 bridgehead atoms. The fourth-order valence-electron chi connectivity index (χ4n) is 2.69. The standard InChI is InChI=1S/C15H20N4OS2/c1-10-8-21-15(18-10)22-13-4-2-11(3-5-13)19-14(20)6-12-7-16-9-17-12/h7-9,11,13H,2-6H2,1H3,(H,16,17)(H,19,20). The van der Waals surface area contributed by atoms with Gasteiger partial charge in [-0.3, -0.25) is 4.79 Å². The first-order valence-electron chi connectivity index (χ1n) is 7.54. The number of carbonyl (C=O) groups is 1. The first-order valence-corrected chi connectivity index (χ1v) is 9.30. The minimum absolute atomic E-state index is 0.0795. The fraction of sp³-hybridized carbons (Fsp3) is 0.533. The Morgan fingerprint density at radius 2 is 2.27 bits per heavy atom. The summed E-state index contributed by atoms with van der Waals surface area (Å²) in [6.07, 6.45) is 8.06. The van der Waals surface area contributed by atoms with E-state index in [-0.39, 0.29) is 5.91 Å². The number of aromatic nitrogens is 3. The topological polar surface area (TPSA) is 70.7 Å². The number of aryl methyl sites for hydroxylation is 1. The minimum Gasteiger partial charge on any atom is -0.353 e. The Labute approximate surface area is 138 Å². The van der Waals surface area contributed by atoms with Crippen molar-refractivity contribution in [3.63, 3.8) is 0 Å². The van der Waals surface area contributed by atoms with Crippen molar-refractivity contribution in [2.45, 2.75) is 54.7 Å². The number of amides is 1. The van der Waals surface area contributed by atoms with Gasteiger partial charge in [0, 0.05) is 34.3 Å². The van der Waals surface area contributed by atoms with E-state index in [1.54, 1.807) is 23.9 Å². The van der Waals surface area contributed by atoms with Gasteiger partial charge in [0.2, 0.25) is 5.91 Å². The Morgan fingerprint density at radius 1 is 1.45 bits per heavy atom. The van der Waals surface area contributed by atoms with Gasteiger partial charge in [-0.25, -0.2) is 9.97 Å². The van der Waals surface area contributed by atoms with Gasteiger partial charge in [0.15, 0.2) is 0 Å². The number of thioether (sulfide) groups is 1. The highest BCUT2D eigenvalue weighted by atomic mass is 32.2. The molecule has 0 aliphatic heterocycles. The van der Waals surface area contributed by atoms with Crippen LogP contribution in [0.2, 0.25) is 0 Å². The molecule has 5 nitrogen and oxygen atoms in total. The van der Waals surface area contributed by atoms with Crippen LogP contribution in [0.4, 0.5) is 0 Å². The van der Waals surface area contributed by atoms with Crippen LogP contribution in [0.5, 0.6) is 0 Å². The summed E-state index contributed by atoms with van der Waals surface area (Å²) in [5, 5.41) is 5.87. The molecule has 0 aromatic carbocycles. The number of imidazole rings is 1. The normalized spacial score (nSPS) is 21.7. The van der Waals surface area contributed by atoms with Gasteiger partial charge in [-0.2, -0.15) is 0 Å². The molecule has 1 aliphatic carbocycles. The number of thiazole rings is 1. The summed E-state index contributed by atoms with van der Waals surface area (Å²) >= 11 is 3.62. The third-order valence-corrected chi connectivity index (χ3v) is 6.24. The highest BCUT2D eigenvalue weighted by Gasteiger charge is 2.23. The summed E-state index contributed by atoms with van der Waals surface area (Å²) in [4.78, 5) is 23.4. The van der Waals surface area contributed by atoms with Crippen LogP contribution in [0.15, 0.2) is 22.2 Å². The average Bonchev–Trinajstić information content (AvgIpc) is 3.13. The van der Waals surface area contributed by atoms with Gasteiger partial charge in [0.05, 0.1) is 12.7 Å². The lowest BCUT2D eigenvalue weighted by molar-refractivity contribution is -0.121. The van der Waals surface area contributed by atoms with Crippen molar-refractivity contribution in [2.75, 3.05) is 0 Å². The lowest BCUT2D eigenvalue weighted by Gasteiger charge is -2.28. The molecular weight excluding hydrogens is 316 g/mol. The van der Waals surface area contributed by atoms with Gasteiger partial charge in [0.25, 0.3) is 0 Å². The molecule has 7 heteroatoms. The summed E-state index contributed by atoms with van der Waals surface area (Å²) in [6, 6.07) is 0.310. The molecule has 2 heterocycles. The quantitative estimate of drug-likeness (QED) is 0.881. The molecule has 1 saturated carbocycles. The Morgan fingerprint density at radius 3 is 2.91 bits per heavy atom. The van der Waals surface area contributed by atoms with E-state index in [1.807, 2.05) is 18.7 Å². The minimum atomic E-state index is 0.0795. The molecule has 0 radical (unpaired) electrons. The van der Waals surface area contributed by atoms with Crippen molar-refractivity contribution in [1.29, 1.82) is 0 Å². The van der Waals surface area contributed by atoms with Crippen LogP contribution >= 0.6 is 23.1 Å². The van der Waals surface area contributed by atoms with Crippen LogP contribution in [0.25, 0.3) is 0 Å². The predicted molar refractivity (Wildman–Crippen MR) is 89.2 cm³/mol. The molecule has 2 N–H and O–H groups in total. The molecular formula is C15H20N4OS2. The maximum atomic E-state index is 12.0. The number of H-pyrrole nitrogens is 1. The summed E-state index contributed by atoms with van der Waals surface area (Å²) in [5.74, 6) is 0.0795. The molecule has 2 aromatic heterocycles. The molecule has 3 rings (SSSR count). The van der Waals surface area contributed by atoms with Crippen LogP contribution in [0.1, 0.15) is 37.1 Å². The van der Waals surface area contributed by atoms with E-state index in [0.29, 0.717) is 17.7 Å². The van der Waals surface area contributed by atoms with E-state index in [1.165, 1.54) is 4.34 Å². The van der Waals surface area contributed by atoms with Crippen LogP contribution in [-0.2, 0) is 11.2 Å². The van der Waals surface area contributed by atoms with Crippen LogP contribution < -0.4 is 5.32 Å². The van der Waals surface area contributed by atoms with Gasteiger partial charge >= 0.3 is 0 Å². The van der Waals surface area contributed by atoms with E-state index < -0.39 is 0 Å². The number of hydrogen-bond donors (Lipinski definition) is 2. The molecule has 1 amide bonds. The zero-order chi connectivity index (χ0) is 15.4. The van der Waals surface area contributed by atoms with Crippen molar-refractivity contribution in [3.8, 4) is 0 Å². The maximum Gasteiger partial charge on any atom is 0.226 e. The fourth-order valence-corrected chi connectivity index (χ4v) is 4.97. The zero-order valence-corrected chi connectivity index (χ0v) is 14.2. The number of nitrogens with one attached hydrogen (secondary N) is 2. The first-order chi connectivity index (χ1) is 10.7. The summed E-state index contributed by atoms with van der Waals surface area (Å²) in [7, 11) is 0. The van der Waals surface area contributed by atoms with E-state index in [4.69, 9.17) is 0 Å². The van der Waals surface area contributed by atoms with Crippen LogP contribution in [0.3, 0.4) is 0 Å². The smallest absolute Gasteiger partial charge is 0.226 e. The zero-order valence-electron chi connectivity index (χ0n) is 12.5. The second-order valence-corrected chi connectivity index (χ2v) is 8.07. The summed E-state index contributed by atoms with van der Waals surface area (Å²) in [5.41, 5.74) is 1.97. The number of nitrogens with zero attached hydrogens (tertiary/aromatic N) is 2. The Balaban J connectivity index is 1.40. The molecule has 1 fully saturated rings. The van der Waals surface area contributed by atoms with Crippen molar-refractivity contribution in [1.82, 2.24) is 20.3 Å². The highest BCUT2D eigenvalue weighted by Crippen LogP contribution is 2.35. The SMILES string of the molecule is Cc1csc(SC2CCC(NC(=O)Cc3cnc[nH]3)CC2)n1. The summed E-state index contributed by atoms with van der Waals surface area (Å²) < 4.78 is 1.17. The average molecular weight is 336 g/mol. The molecule has 0 spiro atoms. The molecule has 1 aliphatic rings. The largest absolute Gasteiger partial charge is 0.353 e. The van der Waals surface area contributed by atoms with Crippen molar-refractivity contribution in [3.05, 3.63) is 29.3 Å². The maximum absolute atomic E-state index is 12.0. The van der Waals surface area contributed by atoms with Gasteiger partial charge in [0.1, 0.15) is 4.34 Å². The Kier molecular flexibility index (Phi) is 5.15. The molecule has 0 atom stereocenters. The van der Waals surface area contributed by atoms with E-state index in [9.17, 15) is 4.79 Å². The van der Waals surface area contributed by atoms with Crippen LogP contribution in [0, 0.1) is 6.92 Å². The molecule has 118 valence electrons. The molecule has 0 saturated heterocycles. The van der Waals surface area contributed by atoms with Gasteiger partial charge < -0.3 is 10.3 Å². The number of aromatic amines is 1. The van der Waals surface area contributed by atoms with Gasteiger partial charge in [-0.05, 0) is 32.6 Å². The number of rotatable bonds is 5. The third-order valence-electron chi connectivity index (χ3n) is 3.81.